The Morgan fingerprint density at radius 3 is 2.12 bits per heavy atom. The first-order chi connectivity index (χ1) is 11.1. The molecule has 24 heavy (non-hydrogen) atoms. The zero-order chi connectivity index (χ0) is 16.4. The van der Waals surface area contributed by atoms with Gasteiger partial charge in [0.1, 0.15) is 0 Å². The van der Waals surface area contributed by atoms with Crippen molar-refractivity contribution in [2.75, 3.05) is 26.2 Å². The van der Waals surface area contributed by atoms with Gasteiger partial charge in [-0.15, -0.1) is 12.4 Å². The Bertz CT molecular complexity index is 454. The monoisotopic (exact) mass is 357 g/mol. The van der Waals surface area contributed by atoms with Crippen LogP contribution >= 0.6 is 12.4 Å². The summed E-state index contributed by atoms with van der Waals surface area (Å²) >= 11 is 0. The fourth-order valence-corrected chi connectivity index (χ4v) is 4.73. The van der Waals surface area contributed by atoms with Crippen molar-refractivity contribution in [2.45, 2.75) is 57.9 Å². The molecular weight excluding hydrogens is 326 g/mol. The summed E-state index contributed by atoms with van der Waals surface area (Å²) in [6.45, 7) is 5.30. The van der Waals surface area contributed by atoms with E-state index in [9.17, 15) is 9.59 Å². The summed E-state index contributed by atoms with van der Waals surface area (Å²) in [5, 5.41) is 0. The second-order valence-corrected chi connectivity index (χ2v) is 7.71. The number of rotatable bonds is 3. The second kappa shape index (κ2) is 8.52. The molecule has 5 nitrogen and oxygen atoms in total. The van der Waals surface area contributed by atoms with Gasteiger partial charge in [-0.2, -0.15) is 0 Å². The molecule has 4 atom stereocenters. The van der Waals surface area contributed by atoms with Gasteiger partial charge in [-0.1, -0.05) is 12.8 Å². The van der Waals surface area contributed by atoms with Crippen molar-refractivity contribution in [3.63, 3.8) is 0 Å². The highest BCUT2D eigenvalue weighted by Crippen LogP contribution is 2.35. The average Bonchev–Trinajstić information content (AvgIpc) is 3.23. The van der Waals surface area contributed by atoms with Gasteiger partial charge in [0.05, 0.1) is 0 Å². The topological polar surface area (TPSA) is 66.6 Å². The smallest absolute Gasteiger partial charge is 0.226 e. The maximum atomic E-state index is 13.1. The van der Waals surface area contributed by atoms with Crippen molar-refractivity contribution in [2.24, 2.45) is 23.5 Å². The molecular formula is C18H32ClN3O2. The Hall–Kier alpha value is -0.810. The van der Waals surface area contributed by atoms with E-state index in [1.54, 1.807) is 0 Å². The number of carbonyl (C=O) groups excluding carboxylic acids is 2. The minimum atomic E-state index is -0.101. The van der Waals surface area contributed by atoms with Gasteiger partial charge >= 0.3 is 0 Å². The van der Waals surface area contributed by atoms with Gasteiger partial charge in [-0.25, -0.2) is 0 Å². The van der Waals surface area contributed by atoms with Crippen LogP contribution in [-0.2, 0) is 9.59 Å². The molecule has 4 unspecified atom stereocenters. The number of halogens is 1. The normalized spacial score (nSPS) is 33.4. The molecule has 3 rings (SSSR count). The minimum absolute atomic E-state index is 0. The highest BCUT2D eigenvalue weighted by Gasteiger charge is 2.42. The van der Waals surface area contributed by atoms with E-state index in [1.165, 1.54) is 0 Å². The van der Waals surface area contributed by atoms with Gasteiger partial charge in [0, 0.05) is 37.5 Å². The van der Waals surface area contributed by atoms with Crippen LogP contribution in [0.2, 0.25) is 0 Å². The van der Waals surface area contributed by atoms with Crippen LogP contribution in [0, 0.1) is 17.8 Å². The van der Waals surface area contributed by atoms with E-state index in [1.807, 2.05) is 9.80 Å². The fraction of sp³-hybridized carbons (Fsp3) is 0.889. The summed E-state index contributed by atoms with van der Waals surface area (Å²) in [4.78, 5) is 30.0. The van der Waals surface area contributed by atoms with Crippen LogP contribution in [0.1, 0.15) is 51.9 Å². The number of hydrogen-bond acceptors (Lipinski definition) is 3. The van der Waals surface area contributed by atoms with Crippen LogP contribution in [0.5, 0.6) is 0 Å². The summed E-state index contributed by atoms with van der Waals surface area (Å²) in [6, 6.07) is 0.264. The first-order valence-corrected chi connectivity index (χ1v) is 9.41. The Labute approximate surface area is 151 Å². The van der Waals surface area contributed by atoms with Crippen LogP contribution in [0.15, 0.2) is 0 Å². The lowest BCUT2D eigenvalue weighted by Crippen LogP contribution is -2.47. The molecule has 0 spiro atoms. The predicted octanol–water partition coefficient (Wildman–Crippen LogP) is 2.03. The third kappa shape index (κ3) is 3.88. The first kappa shape index (κ1) is 19.5. The van der Waals surface area contributed by atoms with E-state index < -0.39 is 0 Å². The Morgan fingerprint density at radius 1 is 1.00 bits per heavy atom. The van der Waals surface area contributed by atoms with E-state index >= 15 is 0 Å². The van der Waals surface area contributed by atoms with Gasteiger partial charge in [0.25, 0.3) is 0 Å². The zero-order valence-corrected chi connectivity index (χ0v) is 15.6. The quantitative estimate of drug-likeness (QED) is 0.840. The molecule has 3 fully saturated rings. The average molecular weight is 358 g/mol. The van der Waals surface area contributed by atoms with Crippen molar-refractivity contribution in [1.29, 1.82) is 0 Å². The summed E-state index contributed by atoms with van der Waals surface area (Å²) in [6.07, 6.45) is 7.13. The van der Waals surface area contributed by atoms with Crippen LogP contribution in [0.25, 0.3) is 0 Å². The second-order valence-electron chi connectivity index (χ2n) is 7.71. The lowest BCUT2D eigenvalue weighted by Gasteiger charge is -2.35. The van der Waals surface area contributed by atoms with Crippen molar-refractivity contribution in [1.82, 2.24) is 9.80 Å². The molecule has 3 aliphatic rings. The molecule has 2 N–H and O–H groups in total. The molecule has 6 heteroatoms. The number of amides is 2. The number of likely N-dealkylation sites (tertiary alicyclic amines) is 2. The standard InChI is InChI=1S/C18H31N3O2.ClH/c1-13-10-14(11-19)12-21(13)18(23)16-7-3-2-6-15(16)17(22)20-8-4-5-9-20;/h13-16H,2-12,19H2,1H3;1H. The molecule has 1 aliphatic carbocycles. The van der Waals surface area contributed by atoms with Crippen LogP contribution in [0.4, 0.5) is 0 Å². The number of carbonyl (C=O) groups is 2. The largest absolute Gasteiger partial charge is 0.342 e. The van der Waals surface area contributed by atoms with E-state index in [4.69, 9.17) is 5.73 Å². The van der Waals surface area contributed by atoms with Crippen molar-refractivity contribution in [3.8, 4) is 0 Å². The molecule has 2 amide bonds. The van der Waals surface area contributed by atoms with Gasteiger partial charge in [0.15, 0.2) is 0 Å². The first-order valence-electron chi connectivity index (χ1n) is 9.41. The van der Waals surface area contributed by atoms with Crippen LogP contribution in [0.3, 0.4) is 0 Å². The van der Waals surface area contributed by atoms with Crippen molar-refractivity contribution in [3.05, 3.63) is 0 Å². The maximum absolute atomic E-state index is 13.1. The summed E-state index contributed by atoms with van der Waals surface area (Å²) in [7, 11) is 0. The number of nitrogens with two attached hydrogens (primary N) is 1. The van der Waals surface area contributed by atoms with Gasteiger partial charge in [-0.05, 0) is 51.5 Å². The van der Waals surface area contributed by atoms with E-state index in [-0.39, 0.29) is 42.1 Å². The number of hydrogen-bond donors (Lipinski definition) is 1. The van der Waals surface area contributed by atoms with Gasteiger partial charge in [-0.3, -0.25) is 9.59 Å². The molecule has 2 aliphatic heterocycles. The van der Waals surface area contributed by atoms with Gasteiger partial charge in [0.2, 0.25) is 11.8 Å². The summed E-state index contributed by atoms with van der Waals surface area (Å²) in [5.74, 6) is 0.688. The predicted molar refractivity (Wildman–Crippen MR) is 96.8 cm³/mol. The highest BCUT2D eigenvalue weighted by molar-refractivity contribution is 5.88. The Balaban J connectivity index is 0.00000208. The third-order valence-electron chi connectivity index (χ3n) is 6.10. The SMILES string of the molecule is CC1CC(CN)CN1C(=O)C1CCCCC1C(=O)N1CCCC1.Cl. The van der Waals surface area contributed by atoms with Crippen molar-refractivity contribution >= 4 is 24.2 Å². The zero-order valence-electron chi connectivity index (χ0n) is 14.8. The van der Waals surface area contributed by atoms with E-state index in [0.717, 1.165) is 64.6 Å². The minimum Gasteiger partial charge on any atom is -0.342 e. The van der Waals surface area contributed by atoms with E-state index in [0.29, 0.717) is 12.5 Å². The molecule has 1 saturated carbocycles. The molecule has 0 radical (unpaired) electrons. The molecule has 0 aromatic heterocycles. The molecule has 0 bridgehead atoms. The Morgan fingerprint density at radius 2 is 1.58 bits per heavy atom. The lowest BCUT2D eigenvalue weighted by atomic mass is 9.77. The van der Waals surface area contributed by atoms with Crippen molar-refractivity contribution < 1.29 is 9.59 Å². The van der Waals surface area contributed by atoms with Crippen LogP contribution in [-0.4, -0.2) is 53.8 Å². The summed E-state index contributed by atoms with van der Waals surface area (Å²) in [5.41, 5.74) is 5.80. The van der Waals surface area contributed by atoms with E-state index in [2.05, 4.69) is 6.92 Å². The van der Waals surface area contributed by atoms with Crippen LogP contribution < -0.4 is 5.73 Å². The lowest BCUT2D eigenvalue weighted by molar-refractivity contribution is -0.148. The molecule has 0 aromatic carbocycles. The maximum Gasteiger partial charge on any atom is 0.226 e. The highest BCUT2D eigenvalue weighted by atomic mass is 35.5. The molecule has 2 saturated heterocycles. The molecule has 2 heterocycles. The Kier molecular flexibility index (Phi) is 6.93. The molecule has 138 valence electrons. The fourth-order valence-electron chi connectivity index (χ4n) is 4.73. The third-order valence-corrected chi connectivity index (χ3v) is 6.10. The molecule has 0 aromatic rings. The van der Waals surface area contributed by atoms with Gasteiger partial charge < -0.3 is 15.5 Å². The number of nitrogens with zero attached hydrogens (tertiary/aromatic N) is 2. The summed E-state index contributed by atoms with van der Waals surface area (Å²) < 4.78 is 0.